The Morgan fingerprint density at radius 3 is 2.63 bits per heavy atom. The quantitative estimate of drug-likeness (QED) is 0.849. The Morgan fingerprint density at radius 2 is 1.93 bits per heavy atom. The van der Waals surface area contributed by atoms with Crippen molar-refractivity contribution in [2.45, 2.75) is 46.6 Å². The fraction of sp³-hybridized carbons (Fsp3) is 0.364. The lowest BCUT2D eigenvalue weighted by molar-refractivity contribution is -0.125. The molecule has 1 atom stereocenters. The van der Waals surface area contributed by atoms with Gasteiger partial charge in [-0.15, -0.1) is 0 Å². The standard InChI is InChI=1S/C22H26N2O3/c1-5-6-11-24-19-13-18(9-10-20(19)27-16(4)22(24)26)23-21(25)17-8-7-14(2)15(3)12-17/h7-10,12-13,16H,5-6,11H2,1-4H3,(H,23,25). The molecule has 2 amide bonds. The van der Waals surface area contributed by atoms with Crippen LogP contribution in [0.2, 0.25) is 0 Å². The second-order valence-electron chi connectivity index (χ2n) is 7.04. The lowest BCUT2D eigenvalue weighted by atomic mass is 10.1. The predicted octanol–water partition coefficient (Wildman–Crippen LogP) is 4.47. The predicted molar refractivity (Wildman–Crippen MR) is 108 cm³/mol. The van der Waals surface area contributed by atoms with E-state index in [4.69, 9.17) is 4.74 Å². The number of unbranched alkanes of at least 4 members (excludes halogenated alkanes) is 1. The number of carbonyl (C=O) groups is 2. The molecule has 0 radical (unpaired) electrons. The highest BCUT2D eigenvalue weighted by molar-refractivity contribution is 6.05. The third-order valence-electron chi connectivity index (χ3n) is 4.93. The summed E-state index contributed by atoms with van der Waals surface area (Å²) in [5.41, 5.74) is 4.19. The summed E-state index contributed by atoms with van der Waals surface area (Å²) >= 11 is 0. The first-order valence-corrected chi connectivity index (χ1v) is 9.41. The molecular weight excluding hydrogens is 340 g/mol. The van der Waals surface area contributed by atoms with Crippen molar-refractivity contribution in [3.8, 4) is 5.75 Å². The van der Waals surface area contributed by atoms with Crippen molar-refractivity contribution in [1.82, 2.24) is 0 Å². The molecule has 1 unspecified atom stereocenters. The topological polar surface area (TPSA) is 58.6 Å². The van der Waals surface area contributed by atoms with Gasteiger partial charge in [-0.25, -0.2) is 0 Å². The van der Waals surface area contributed by atoms with E-state index < -0.39 is 6.10 Å². The van der Waals surface area contributed by atoms with Gasteiger partial charge in [-0.2, -0.15) is 0 Å². The van der Waals surface area contributed by atoms with Gasteiger partial charge in [-0.1, -0.05) is 19.4 Å². The molecule has 0 bridgehead atoms. The molecular formula is C22H26N2O3. The summed E-state index contributed by atoms with van der Waals surface area (Å²) in [5, 5.41) is 2.93. The van der Waals surface area contributed by atoms with Gasteiger partial charge in [0, 0.05) is 17.8 Å². The van der Waals surface area contributed by atoms with E-state index in [0.29, 0.717) is 29.2 Å². The Labute approximate surface area is 160 Å². The SMILES string of the molecule is CCCCN1C(=O)C(C)Oc2ccc(NC(=O)c3ccc(C)c(C)c3)cc21. The number of fused-ring (bicyclic) bond motifs is 1. The van der Waals surface area contributed by atoms with E-state index in [2.05, 4.69) is 12.2 Å². The van der Waals surface area contributed by atoms with Crippen LogP contribution in [0, 0.1) is 13.8 Å². The molecule has 2 aromatic rings. The largest absolute Gasteiger partial charge is 0.479 e. The Bertz CT molecular complexity index is 876. The van der Waals surface area contributed by atoms with Crippen LogP contribution in [0.15, 0.2) is 36.4 Å². The third kappa shape index (κ3) is 3.97. The van der Waals surface area contributed by atoms with Crippen molar-refractivity contribution < 1.29 is 14.3 Å². The maximum Gasteiger partial charge on any atom is 0.267 e. The van der Waals surface area contributed by atoms with E-state index in [0.717, 1.165) is 24.0 Å². The van der Waals surface area contributed by atoms with Gasteiger partial charge in [0.15, 0.2) is 6.10 Å². The van der Waals surface area contributed by atoms with E-state index in [9.17, 15) is 9.59 Å². The number of amides is 2. The van der Waals surface area contributed by atoms with Crippen LogP contribution < -0.4 is 15.0 Å². The first kappa shape index (κ1) is 19.0. The Hall–Kier alpha value is -2.82. The van der Waals surface area contributed by atoms with Gasteiger partial charge >= 0.3 is 0 Å². The molecule has 0 saturated carbocycles. The lowest BCUT2D eigenvalue weighted by Crippen LogP contribution is -2.44. The summed E-state index contributed by atoms with van der Waals surface area (Å²) in [6.45, 7) is 8.50. The molecule has 0 saturated heterocycles. The highest BCUT2D eigenvalue weighted by Gasteiger charge is 2.31. The number of rotatable bonds is 5. The van der Waals surface area contributed by atoms with E-state index in [1.807, 2.05) is 44.2 Å². The van der Waals surface area contributed by atoms with Crippen molar-refractivity contribution in [3.63, 3.8) is 0 Å². The number of ether oxygens (including phenoxy) is 1. The third-order valence-corrected chi connectivity index (χ3v) is 4.93. The van der Waals surface area contributed by atoms with Crippen LogP contribution in [-0.2, 0) is 4.79 Å². The van der Waals surface area contributed by atoms with E-state index in [1.54, 1.807) is 17.9 Å². The number of hydrogen-bond acceptors (Lipinski definition) is 3. The van der Waals surface area contributed by atoms with Crippen LogP contribution in [0.1, 0.15) is 48.2 Å². The molecule has 5 nitrogen and oxygen atoms in total. The zero-order valence-electron chi connectivity index (χ0n) is 16.3. The molecule has 1 heterocycles. The zero-order valence-corrected chi connectivity index (χ0v) is 16.3. The Morgan fingerprint density at radius 1 is 1.15 bits per heavy atom. The molecule has 142 valence electrons. The molecule has 5 heteroatoms. The van der Waals surface area contributed by atoms with Crippen LogP contribution in [0.3, 0.4) is 0 Å². The van der Waals surface area contributed by atoms with E-state index in [1.165, 1.54) is 0 Å². The van der Waals surface area contributed by atoms with Crippen LogP contribution in [0.4, 0.5) is 11.4 Å². The summed E-state index contributed by atoms with van der Waals surface area (Å²) in [6.07, 6.45) is 1.42. The summed E-state index contributed by atoms with van der Waals surface area (Å²) in [5.74, 6) is 0.450. The second-order valence-corrected chi connectivity index (χ2v) is 7.04. The van der Waals surface area contributed by atoms with Gasteiger partial charge in [0.25, 0.3) is 11.8 Å². The van der Waals surface area contributed by atoms with Gasteiger partial charge in [-0.3, -0.25) is 9.59 Å². The van der Waals surface area contributed by atoms with Crippen molar-refractivity contribution in [2.75, 3.05) is 16.8 Å². The molecule has 1 N–H and O–H groups in total. The number of anilines is 2. The molecule has 0 fully saturated rings. The zero-order chi connectivity index (χ0) is 19.6. The van der Waals surface area contributed by atoms with Crippen LogP contribution in [0.25, 0.3) is 0 Å². The van der Waals surface area contributed by atoms with Gasteiger partial charge < -0.3 is 15.0 Å². The second kappa shape index (κ2) is 7.82. The number of benzene rings is 2. The highest BCUT2D eigenvalue weighted by atomic mass is 16.5. The molecule has 0 spiro atoms. The Kier molecular flexibility index (Phi) is 5.49. The summed E-state index contributed by atoms with van der Waals surface area (Å²) < 4.78 is 5.72. The summed E-state index contributed by atoms with van der Waals surface area (Å²) in [7, 11) is 0. The summed E-state index contributed by atoms with van der Waals surface area (Å²) in [4.78, 5) is 26.9. The minimum absolute atomic E-state index is 0.0476. The normalized spacial score (nSPS) is 15.9. The maximum atomic E-state index is 12.6. The molecule has 1 aliphatic heterocycles. The lowest BCUT2D eigenvalue weighted by Gasteiger charge is -2.33. The van der Waals surface area contributed by atoms with Gasteiger partial charge in [0.05, 0.1) is 5.69 Å². The average molecular weight is 366 g/mol. The molecule has 27 heavy (non-hydrogen) atoms. The minimum Gasteiger partial charge on any atom is -0.479 e. The number of nitrogens with one attached hydrogen (secondary N) is 1. The number of nitrogens with zero attached hydrogens (tertiary/aromatic N) is 1. The van der Waals surface area contributed by atoms with Crippen molar-refractivity contribution >= 4 is 23.2 Å². The van der Waals surface area contributed by atoms with E-state index >= 15 is 0 Å². The van der Waals surface area contributed by atoms with Crippen LogP contribution in [-0.4, -0.2) is 24.5 Å². The monoisotopic (exact) mass is 366 g/mol. The van der Waals surface area contributed by atoms with Crippen molar-refractivity contribution in [3.05, 3.63) is 53.1 Å². The smallest absolute Gasteiger partial charge is 0.267 e. The first-order chi connectivity index (χ1) is 12.9. The van der Waals surface area contributed by atoms with Gasteiger partial charge in [0.1, 0.15) is 5.75 Å². The Balaban J connectivity index is 1.86. The highest BCUT2D eigenvalue weighted by Crippen LogP contribution is 2.36. The fourth-order valence-corrected chi connectivity index (χ4v) is 3.12. The minimum atomic E-state index is -0.495. The van der Waals surface area contributed by atoms with Crippen molar-refractivity contribution in [2.24, 2.45) is 0 Å². The fourth-order valence-electron chi connectivity index (χ4n) is 3.12. The molecule has 0 aliphatic carbocycles. The number of hydrogen-bond donors (Lipinski definition) is 1. The maximum absolute atomic E-state index is 12.6. The molecule has 2 aromatic carbocycles. The van der Waals surface area contributed by atoms with Gasteiger partial charge in [0.2, 0.25) is 0 Å². The summed E-state index contributed by atoms with van der Waals surface area (Å²) in [6, 6.07) is 11.1. The number of carbonyl (C=O) groups excluding carboxylic acids is 2. The molecule has 1 aliphatic rings. The van der Waals surface area contributed by atoms with Crippen molar-refractivity contribution in [1.29, 1.82) is 0 Å². The van der Waals surface area contributed by atoms with Crippen LogP contribution >= 0.6 is 0 Å². The van der Waals surface area contributed by atoms with Crippen LogP contribution in [0.5, 0.6) is 5.75 Å². The number of aryl methyl sites for hydroxylation is 2. The van der Waals surface area contributed by atoms with E-state index in [-0.39, 0.29) is 11.8 Å². The van der Waals surface area contributed by atoms with Gasteiger partial charge in [-0.05, 0) is 68.7 Å². The average Bonchev–Trinajstić information content (AvgIpc) is 2.65. The molecule has 3 rings (SSSR count). The first-order valence-electron chi connectivity index (χ1n) is 9.41. The molecule has 0 aromatic heterocycles.